The summed E-state index contributed by atoms with van der Waals surface area (Å²) in [5, 5.41) is 8.50. The zero-order chi connectivity index (χ0) is 15.1. The van der Waals surface area contributed by atoms with Gasteiger partial charge in [0, 0.05) is 20.2 Å². The van der Waals surface area contributed by atoms with E-state index in [1.165, 1.54) is 11.1 Å². The van der Waals surface area contributed by atoms with Gasteiger partial charge in [0.05, 0.1) is 19.2 Å². The third-order valence-electron chi connectivity index (χ3n) is 3.45. The highest BCUT2D eigenvalue weighted by atomic mass is 16.5. The zero-order valence-corrected chi connectivity index (χ0v) is 12.1. The number of carbonyl (C=O) groups is 2. The maximum atomic E-state index is 12.1. The van der Waals surface area contributed by atoms with Crippen molar-refractivity contribution in [2.24, 2.45) is 0 Å². The van der Waals surface area contributed by atoms with Gasteiger partial charge in [-0.3, -0.25) is 9.59 Å². The first kappa shape index (κ1) is 15.5. The van der Waals surface area contributed by atoms with E-state index in [4.69, 9.17) is 4.74 Å². The average Bonchev–Trinajstić information content (AvgIpc) is 2.52. The van der Waals surface area contributed by atoms with Gasteiger partial charge in [0.2, 0.25) is 11.8 Å². The van der Waals surface area contributed by atoms with Crippen molar-refractivity contribution >= 4 is 11.8 Å². The summed E-state index contributed by atoms with van der Waals surface area (Å²) >= 11 is 0. The highest BCUT2D eigenvalue weighted by molar-refractivity contribution is 5.87. The molecule has 0 saturated heterocycles. The van der Waals surface area contributed by atoms with Gasteiger partial charge in [0.15, 0.2) is 0 Å². The van der Waals surface area contributed by atoms with Crippen LogP contribution in [0.2, 0.25) is 0 Å². The molecule has 2 amide bonds. The van der Waals surface area contributed by atoms with Crippen molar-refractivity contribution < 1.29 is 14.3 Å². The standard InChI is InChI=1S/C15H21N3O3/c1-21-7-6-16-14(19)10-18-15(20)13-8-11-4-2-3-5-12(11)9-17-13/h2-5,13,17H,6-10H2,1H3,(H,16,19)(H,18,20)/t13-/m0/s1. The second-order valence-electron chi connectivity index (χ2n) is 4.97. The summed E-state index contributed by atoms with van der Waals surface area (Å²) in [6.45, 7) is 1.57. The fourth-order valence-electron chi connectivity index (χ4n) is 2.29. The van der Waals surface area contributed by atoms with Crippen molar-refractivity contribution in [1.82, 2.24) is 16.0 Å². The molecule has 1 aromatic rings. The molecule has 1 atom stereocenters. The second-order valence-corrected chi connectivity index (χ2v) is 4.97. The Morgan fingerprint density at radius 1 is 1.29 bits per heavy atom. The Labute approximate surface area is 124 Å². The normalized spacial score (nSPS) is 16.9. The molecule has 0 spiro atoms. The number of nitrogens with one attached hydrogen (secondary N) is 3. The molecule has 0 saturated carbocycles. The fraction of sp³-hybridized carbons (Fsp3) is 0.467. The van der Waals surface area contributed by atoms with E-state index in [2.05, 4.69) is 22.0 Å². The third-order valence-corrected chi connectivity index (χ3v) is 3.45. The Bertz CT molecular complexity index is 505. The molecule has 0 bridgehead atoms. The zero-order valence-electron chi connectivity index (χ0n) is 12.1. The van der Waals surface area contributed by atoms with Gasteiger partial charge in [0.25, 0.3) is 0 Å². The molecule has 3 N–H and O–H groups in total. The summed E-state index contributed by atoms with van der Waals surface area (Å²) in [4.78, 5) is 23.6. The monoisotopic (exact) mass is 291 g/mol. The molecule has 1 aromatic carbocycles. The lowest BCUT2D eigenvalue weighted by Gasteiger charge is -2.25. The van der Waals surface area contributed by atoms with Crippen molar-refractivity contribution in [1.29, 1.82) is 0 Å². The van der Waals surface area contributed by atoms with Crippen LogP contribution in [0.5, 0.6) is 0 Å². The minimum atomic E-state index is -0.285. The summed E-state index contributed by atoms with van der Waals surface area (Å²) < 4.78 is 4.83. The van der Waals surface area contributed by atoms with E-state index in [-0.39, 0.29) is 24.4 Å². The molecule has 0 aliphatic carbocycles. The molecule has 21 heavy (non-hydrogen) atoms. The largest absolute Gasteiger partial charge is 0.383 e. The number of amides is 2. The van der Waals surface area contributed by atoms with E-state index in [1.807, 2.05) is 18.2 Å². The Hall–Kier alpha value is -1.92. The quantitative estimate of drug-likeness (QED) is 0.622. The maximum absolute atomic E-state index is 12.1. The molecule has 114 valence electrons. The minimum Gasteiger partial charge on any atom is -0.383 e. The molecule has 6 nitrogen and oxygen atoms in total. The van der Waals surface area contributed by atoms with Crippen LogP contribution in [0.15, 0.2) is 24.3 Å². The highest BCUT2D eigenvalue weighted by Crippen LogP contribution is 2.16. The van der Waals surface area contributed by atoms with Gasteiger partial charge in [-0.1, -0.05) is 24.3 Å². The van der Waals surface area contributed by atoms with Crippen LogP contribution >= 0.6 is 0 Å². The smallest absolute Gasteiger partial charge is 0.239 e. The molecule has 6 heteroatoms. The van der Waals surface area contributed by atoms with Gasteiger partial charge >= 0.3 is 0 Å². The molecule has 0 aromatic heterocycles. The average molecular weight is 291 g/mol. The first-order chi connectivity index (χ1) is 10.2. The van der Waals surface area contributed by atoms with Crippen molar-refractivity contribution in [3.63, 3.8) is 0 Å². The first-order valence-electron chi connectivity index (χ1n) is 7.04. The Kier molecular flexibility index (Phi) is 5.71. The van der Waals surface area contributed by atoms with E-state index in [9.17, 15) is 9.59 Å². The number of hydrogen-bond donors (Lipinski definition) is 3. The number of methoxy groups -OCH3 is 1. The Morgan fingerprint density at radius 2 is 2.05 bits per heavy atom. The summed E-state index contributed by atoms with van der Waals surface area (Å²) in [6.07, 6.45) is 0.646. The van der Waals surface area contributed by atoms with Crippen molar-refractivity contribution in [2.45, 2.75) is 19.0 Å². The fourth-order valence-corrected chi connectivity index (χ4v) is 2.29. The van der Waals surface area contributed by atoms with E-state index in [0.717, 1.165) is 0 Å². The van der Waals surface area contributed by atoms with Gasteiger partial charge in [-0.25, -0.2) is 0 Å². The molecule has 0 fully saturated rings. The third kappa shape index (κ3) is 4.54. The SMILES string of the molecule is COCCNC(=O)CNC(=O)[C@@H]1Cc2ccccc2CN1. The molecule has 1 aliphatic rings. The van der Waals surface area contributed by atoms with Gasteiger partial charge in [0.1, 0.15) is 0 Å². The van der Waals surface area contributed by atoms with Gasteiger partial charge < -0.3 is 20.7 Å². The maximum Gasteiger partial charge on any atom is 0.239 e. The van der Waals surface area contributed by atoms with Gasteiger partial charge in [-0.05, 0) is 17.5 Å². The minimum absolute atomic E-state index is 0.0115. The van der Waals surface area contributed by atoms with E-state index in [1.54, 1.807) is 7.11 Å². The van der Waals surface area contributed by atoms with Crippen LogP contribution in [0.4, 0.5) is 0 Å². The van der Waals surface area contributed by atoms with Crippen molar-refractivity contribution in [3.8, 4) is 0 Å². The summed E-state index contributed by atoms with van der Waals surface area (Å²) in [6, 6.07) is 7.77. The van der Waals surface area contributed by atoms with Crippen LogP contribution in [0.1, 0.15) is 11.1 Å². The van der Waals surface area contributed by atoms with Crippen LogP contribution in [-0.2, 0) is 27.3 Å². The van der Waals surface area contributed by atoms with Crippen LogP contribution in [0, 0.1) is 0 Å². The number of ether oxygens (including phenoxy) is 1. The second kappa shape index (κ2) is 7.75. The van der Waals surface area contributed by atoms with Gasteiger partial charge in [-0.2, -0.15) is 0 Å². The summed E-state index contributed by atoms with van der Waals surface area (Å²) in [7, 11) is 1.57. The molecule has 0 unspecified atom stereocenters. The number of benzene rings is 1. The highest BCUT2D eigenvalue weighted by Gasteiger charge is 2.23. The molecule has 1 aliphatic heterocycles. The molecule has 0 radical (unpaired) electrons. The lowest BCUT2D eigenvalue weighted by molar-refractivity contribution is -0.127. The van der Waals surface area contributed by atoms with Crippen LogP contribution in [-0.4, -0.2) is 44.7 Å². The molecule has 2 rings (SSSR count). The first-order valence-corrected chi connectivity index (χ1v) is 7.04. The van der Waals surface area contributed by atoms with E-state index < -0.39 is 0 Å². The predicted molar refractivity (Wildman–Crippen MR) is 78.7 cm³/mol. The molecular formula is C15H21N3O3. The topological polar surface area (TPSA) is 79.5 Å². The Morgan fingerprint density at radius 3 is 2.81 bits per heavy atom. The lowest BCUT2D eigenvalue weighted by atomic mass is 9.95. The number of carbonyl (C=O) groups excluding carboxylic acids is 2. The van der Waals surface area contributed by atoms with Crippen molar-refractivity contribution in [3.05, 3.63) is 35.4 Å². The van der Waals surface area contributed by atoms with E-state index in [0.29, 0.717) is 26.1 Å². The lowest BCUT2D eigenvalue weighted by Crippen LogP contribution is -2.49. The molecule has 1 heterocycles. The van der Waals surface area contributed by atoms with Gasteiger partial charge in [-0.15, -0.1) is 0 Å². The summed E-state index contributed by atoms with van der Waals surface area (Å²) in [5.41, 5.74) is 2.40. The van der Waals surface area contributed by atoms with Crippen LogP contribution < -0.4 is 16.0 Å². The van der Waals surface area contributed by atoms with Crippen molar-refractivity contribution in [2.75, 3.05) is 26.8 Å². The number of fused-ring (bicyclic) bond motifs is 1. The Balaban J connectivity index is 1.76. The predicted octanol–water partition coefficient (Wildman–Crippen LogP) is -0.420. The van der Waals surface area contributed by atoms with E-state index >= 15 is 0 Å². The summed E-state index contributed by atoms with van der Waals surface area (Å²) in [5.74, 6) is -0.358. The number of rotatable bonds is 6. The van der Waals surface area contributed by atoms with Crippen LogP contribution in [0.25, 0.3) is 0 Å². The van der Waals surface area contributed by atoms with Crippen LogP contribution in [0.3, 0.4) is 0 Å². The molecular weight excluding hydrogens is 270 g/mol. The number of hydrogen-bond acceptors (Lipinski definition) is 4.